The quantitative estimate of drug-likeness (QED) is 0.0980. The topological polar surface area (TPSA) is 239 Å². The number of ether oxygens (including phenoxy) is 6. The lowest BCUT2D eigenvalue weighted by atomic mass is 10.1. The zero-order valence-electron chi connectivity index (χ0n) is 25.0. The van der Waals surface area contributed by atoms with E-state index in [1.165, 1.54) is 26.2 Å². The maximum atomic E-state index is 13.5. The van der Waals surface area contributed by atoms with Crippen LogP contribution < -0.4 is 20.7 Å². The normalized spacial score (nSPS) is 18.5. The van der Waals surface area contributed by atoms with Gasteiger partial charge >= 0.3 is 29.6 Å². The highest BCUT2D eigenvalue weighted by Crippen LogP contribution is 2.36. The highest BCUT2D eigenvalue weighted by molar-refractivity contribution is 5.95. The zero-order chi connectivity index (χ0) is 34.6. The first-order valence-electron chi connectivity index (χ1n) is 13.5. The Bertz CT molecular complexity index is 1860. The number of aromatic nitrogens is 2. The number of benzene rings is 2. The number of carboxylic acid groups (broad SMARTS) is 1. The largest absolute Gasteiger partial charge is 0.508 e. The van der Waals surface area contributed by atoms with Crippen molar-refractivity contribution in [1.82, 2.24) is 9.55 Å². The molecule has 2 heterocycles. The molecule has 1 aromatic heterocycles. The van der Waals surface area contributed by atoms with Crippen LogP contribution in [-0.4, -0.2) is 80.8 Å². The van der Waals surface area contributed by atoms with Gasteiger partial charge in [-0.25, -0.2) is 19.2 Å². The Hall–Kier alpha value is -6.10. The number of carbonyl (C=O) groups excluding carboxylic acids is 3. The number of hydrogen-bond acceptors (Lipinski definition) is 14. The summed E-state index contributed by atoms with van der Waals surface area (Å²) in [5.74, 6) is -6.35. The van der Waals surface area contributed by atoms with Crippen LogP contribution in [0.4, 0.5) is 0 Å². The number of carboxylic acids is 1. The molecule has 4 rings (SSSR count). The van der Waals surface area contributed by atoms with E-state index in [-0.39, 0.29) is 28.2 Å². The molecular formula is C30H28N2O15. The second-order valence-electron chi connectivity index (χ2n) is 9.98. The van der Waals surface area contributed by atoms with Crippen molar-refractivity contribution in [3.63, 3.8) is 0 Å². The average Bonchev–Trinajstić information content (AvgIpc) is 3.31. The average molecular weight is 657 g/mol. The third-order valence-electron chi connectivity index (χ3n) is 6.71. The predicted molar refractivity (Wildman–Crippen MR) is 155 cm³/mol. The minimum absolute atomic E-state index is 0.0530. The van der Waals surface area contributed by atoms with E-state index in [0.29, 0.717) is 0 Å². The van der Waals surface area contributed by atoms with Gasteiger partial charge < -0.3 is 43.7 Å². The summed E-state index contributed by atoms with van der Waals surface area (Å²) in [5.41, 5.74) is -1.76. The number of phenols is 2. The van der Waals surface area contributed by atoms with E-state index < -0.39 is 83.5 Å². The van der Waals surface area contributed by atoms with Crippen LogP contribution in [0.1, 0.15) is 39.4 Å². The second kappa shape index (κ2) is 13.9. The van der Waals surface area contributed by atoms with Crippen molar-refractivity contribution in [3.05, 3.63) is 92.5 Å². The molecule has 1 fully saturated rings. The number of nitrogens with zero attached hydrogens (tertiary/aromatic N) is 1. The summed E-state index contributed by atoms with van der Waals surface area (Å²) in [4.78, 5) is 76.2. The first-order valence-corrected chi connectivity index (χ1v) is 13.5. The van der Waals surface area contributed by atoms with Crippen molar-refractivity contribution in [2.45, 2.75) is 38.4 Å². The fourth-order valence-corrected chi connectivity index (χ4v) is 4.64. The molecule has 3 aromatic rings. The van der Waals surface area contributed by atoms with E-state index in [2.05, 4.69) is 6.58 Å². The van der Waals surface area contributed by atoms with E-state index in [4.69, 9.17) is 33.5 Å². The van der Waals surface area contributed by atoms with E-state index in [9.17, 15) is 39.0 Å². The first kappa shape index (κ1) is 33.8. The van der Waals surface area contributed by atoms with Gasteiger partial charge in [0.25, 0.3) is 5.56 Å². The van der Waals surface area contributed by atoms with Crippen LogP contribution in [-0.2, 0) is 28.5 Å². The Kier molecular flexibility index (Phi) is 9.99. The minimum atomic E-state index is -1.54. The number of rotatable bonds is 11. The lowest BCUT2D eigenvalue weighted by Crippen LogP contribution is -2.42. The van der Waals surface area contributed by atoms with Gasteiger partial charge in [-0.15, -0.1) is 0 Å². The molecule has 0 saturated carbocycles. The van der Waals surface area contributed by atoms with E-state index >= 15 is 0 Å². The molecule has 4 atom stereocenters. The van der Waals surface area contributed by atoms with Gasteiger partial charge in [-0.2, -0.15) is 0 Å². The summed E-state index contributed by atoms with van der Waals surface area (Å²) < 4.78 is 33.6. The van der Waals surface area contributed by atoms with Crippen molar-refractivity contribution in [3.8, 4) is 23.0 Å². The summed E-state index contributed by atoms with van der Waals surface area (Å²) in [7, 11) is 1.25. The Morgan fingerprint density at radius 2 is 1.72 bits per heavy atom. The summed E-state index contributed by atoms with van der Waals surface area (Å²) in [5, 5.41) is 29.0. The SMILES string of the molecule is C=C(Oc1cc(C(=O)OC[C@H]2O[C@H](n3ccc(=O)[nH]c3=O)[C@H](OC(C)=O)[C@H]2OC(=O)c2c(C)cc(O)cc2OC)ccc1O)C(=O)O. The van der Waals surface area contributed by atoms with Gasteiger partial charge in [0.05, 0.1) is 12.7 Å². The molecule has 47 heavy (non-hydrogen) atoms. The second-order valence-corrected chi connectivity index (χ2v) is 9.98. The zero-order valence-corrected chi connectivity index (χ0v) is 25.0. The van der Waals surface area contributed by atoms with E-state index in [0.717, 1.165) is 42.0 Å². The summed E-state index contributed by atoms with van der Waals surface area (Å²) in [6, 6.07) is 6.62. The summed E-state index contributed by atoms with van der Waals surface area (Å²) >= 11 is 0. The van der Waals surface area contributed by atoms with Crippen LogP contribution in [0.2, 0.25) is 0 Å². The standard InChI is InChI=1S/C30H28N2O15/c1-13-9-17(34)11-20(42-4)23(13)29(40)47-24-21(46-26(25(24)45-15(3)33)32-8-7-22(36)31-30(32)41)12-43-28(39)16-5-6-18(35)19(10-16)44-14(2)27(37)38/h5-11,21,24-26,34-35H,2,12H2,1,3-4H3,(H,37,38)(H,31,36,41)/t21-,24+,25-,26+/m1/s1. The fraction of sp³-hybridized carbons (Fsp3) is 0.267. The number of nitrogens with one attached hydrogen (secondary N) is 1. The minimum Gasteiger partial charge on any atom is -0.508 e. The highest BCUT2D eigenvalue weighted by atomic mass is 16.7. The number of methoxy groups -OCH3 is 1. The number of aromatic hydroxyl groups is 2. The van der Waals surface area contributed by atoms with E-state index in [1.807, 2.05) is 4.98 Å². The molecule has 0 spiro atoms. The molecule has 1 aliphatic heterocycles. The van der Waals surface area contributed by atoms with Gasteiger partial charge in [0.2, 0.25) is 5.76 Å². The smallest absolute Gasteiger partial charge is 0.371 e. The number of aromatic amines is 1. The molecule has 0 amide bonds. The maximum absolute atomic E-state index is 13.5. The molecule has 1 saturated heterocycles. The van der Waals surface area contributed by atoms with Crippen molar-refractivity contribution >= 4 is 23.9 Å². The number of aliphatic carboxylic acids is 1. The van der Waals surface area contributed by atoms with Crippen LogP contribution in [0.25, 0.3) is 0 Å². The van der Waals surface area contributed by atoms with Crippen LogP contribution in [0.15, 0.2) is 64.5 Å². The third kappa shape index (κ3) is 7.59. The summed E-state index contributed by atoms with van der Waals surface area (Å²) in [6.07, 6.45) is -4.91. The third-order valence-corrected chi connectivity index (χ3v) is 6.71. The van der Waals surface area contributed by atoms with Gasteiger partial charge in [-0.3, -0.25) is 19.1 Å². The molecule has 248 valence electrons. The number of aryl methyl sites for hydroxylation is 1. The first-order chi connectivity index (χ1) is 22.2. The molecule has 1 aliphatic rings. The molecule has 2 aromatic carbocycles. The lowest BCUT2D eigenvalue weighted by Gasteiger charge is -2.25. The van der Waals surface area contributed by atoms with Gasteiger partial charge in [0.1, 0.15) is 29.8 Å². The van der Waals surface area contributed by atoms with Crippen molar-refractivity contribution < 1.29 is 62.9 Å². The van der Waals surface area contributed by atoms with Gasteiger partial charge in [0, 0.05) is 25.3 Å². The molecule has 0 unspecified atom stereocenters. The highest BCUT2D eigenvalue weighted by Gasteiger charge is 2.51. The van der Waals surface area contributed by atoms with Crippen molar-refractivity contribution in [2.24, 2.45) is 0 Å². The molecule has 0 aliphatic carbocycles. The van der Waals surface area contributed by atoms with Crippen LogP contribution >= 0.6 is 0 Å². The van der Waals surface area contributed by atoms with Gasteiger partial charge in [0.15, 0.2) is 29.9 Å². The Labute approximate surface area is 264 Å². The maximum Gasteiger partial charge on any atom is 0.371 e. The number of hydrogen-bond donors (Lipinski definition) is 4. The summed E-state index contributed by atoms with van der Waals surface area (Å²) in [6.45, 7) is 5.07. The number of H-pyrrole nitrogens is 1. The van der Waals surface area contributed by atoms with Gasteiger partial charge in [-0.1, -0.05) is 0 Å². The molecule has 0 radical (unpaired) electrons. The number of phenolic OH excluding ortho intramolecular Hbond substituents is 2. The van der Waals surface area contributed by atoms with Crippen molar-refractivity contribution in [2.75, 3.05) is 13.7 Å². The molecule has 17 heteroatoms. The number of esters is 3. The van der Waals surface area contributed by atoms with Crippen LogP contribution in [0.5, 0.6) is 23.0 Å². The Morgan fingerprint density at radius 3 is 2.36 bits per heavy atom. The van der Waals surface area contributed by atoms with Crippen molar-refractivity contribution in [1.29, 1.82) is 0 Å². The van der Waals surface area contributed by atoms with Crippen LogP contribution in [0, 0.1) is 6.92 Å². The predicted octanol–water partition coefficient (Wildman–Crippen LogP) is 1.15. The molecule has 17 nitrogen and oxygen atoms in total. The molecule has 0 bridgehead atoms. The number of carbonyl (C=O) groups is 4. The Balaban J connectivity index is 1.68. The Morgan fingerprint density at radius 1 is 1.00 bits per heavy atom. The fourth-order valence-electron chi connectivity index (χ4n) is 4.64. The molecule has 4 N–H and O–H groups in total. The molecular weight excluding hydrogens is 628 g/mol. The monoisotopic (exact) mass is 656 g/mol. The van der Waals surface area contributed by atoms with Gasteiger partial charge in [-0.05, 0) is 43.3 Å². The van der Waals surface area contributed by atoms with E-state index in [1.54, 1.807) is 0 Å². The lowest BCUT2D eigenvalue weighted by molar-refractivity contribution is -0.156. The van der Waals surface area contributed by atoms with Crippen LogP contribution in [0.3, 0.4) is 0 Å².